The van der Waals surface area contributed by atoms with Gasteiger partial charge in [0, 0.05) is 17.6 Å². The maximum absolute atomic E-state index is 13.5. The number of hydrogen-bond acceptors (Lipinski definition) is 4. The van der Waals surface area contributed by atoms with Gasteiger partial charge < -0.3 is 19.3 Å². The predicted molar refractivity (Wildman–Crippen MR) is 135 cm³/mol. The zero-order chi connectivity index (χ0) is 23.9. The maximum Gasteiger partial charge on any atom is 0.244 e. The summed E-state index contributed by atoms with van der Waals surface area (Å²) in [6.45, 7) is 5.37. The van der Waals surface area contributed by atoms with Gasteiger partial charge in [-0.15, -0.1) is 0 Å². The van der Waals surface area contributed by atoms with Crippen molar-refractivity contribution in [2.75, 3.05) is 25.7 Å². The number of benzene rings is 3. The van der Waals surface area contributed by atoms with Crippen LogP contribution in [0.4, 0.5) is 5.69 Å². The molecule has 5 rings (SSSR count). The summed E-state index contributed by atoms with van der Waals surface area (Å²) in [6, 6.07) is 24.5. The number of fused-ring (bicyclic) bond motifs is 3. The van der Waals surface area contributed by atoms with E-state index in [0.29, 0.717) is 24.6 Å². The van der Waals surface area contributed by atoms with Crippen LogP contribution in [0.3, 0.4) is 0 Å². The highest BCUT2D eigenvalue weighted by molar-refractivity contribution is 5.91. The molecule has 1 amide bonds. The summed E-state index contributed by atoms with van der Waals surface area (Å²) in [5.74, 6) is 1.50. The van der Waals surface area contributed by atoms with E-state index in [-0.39, 0.29) is 11.3 Å². The zero-order valence-electron chi connectivity index (χ0n) is 20.1. The first kappa shape index (κ1) is 22.1. The highest BCUT2D eigenvalue weighted by Crippen LogP contribution is 2.56. The first-order valence-electron chi connectivity index (χ1n) is 11.5. The number of nitrogens with zero attached hydrogens (tertiary/aromatic N) is 2. The molecular formula is C29H30N2O3. The number of carbonyl (C=O) groups is 1. The molecule has 1 saturated heterocycles. The summed E-state index contributed by atoms with van der Waals surface area (Å²) < 4.78 is 10.9. The van der Waals surface area contributed by atoms with Crippen LogP contribution in [-0.4, -0.2) is 37.2 Å². The van der Waals surface area contributed by atoms with Crippen molar-refractivity contribution in [1.82, 2.24) is 4.90 Å². The minimum absolute atomic E-state index is 0.128. The standard InChI is InChI=1S/C29H30N2O3/c1-28(2)23-12-8-9-13-24(23)30-20-27(32)31(19-22-10-6-5-7-11-22)29(28,30)17-16-21-14-15-25(33-3)26(18-21)34-4/h5-18H,19-20H2,1-4H3/b17-16-. The van der Waals surface area contributed by atoms with Crippen LogP contribution in [0.15, 0.2) is 78.9 Å². The Morgan fingerprint density at radius 1 is 0.912 bits per heavy atom. The molecule has 0 radical (unpaired) electrons. The second-order valence-corrected chi connectivity index (χ2v) is 9.37. The highest BCUT2D eigenvalue weighted by Gasteiger charge is 2.63. The Morgan fingerprint density at radius 3 is 2.35 bits per heavy atom. The third-order valence-electron chi connectivity index (χ3n) is 7.30. The molecule has 0 spiro atoms. The number of carbonyl (C=O) groups excluding carboxylic acids is 1. The number of ether oxygens (including phenoxy) is 2. The van der Waals surface area contributed by atoms with Crippen molar-refractivity contribution >= 4 is 17.7 Å². The SMILES string of the molecule is COc1ccc(/C=C\C23N(Cc4ccccc4)C(=O)CN2c2ccccc2C3(C)C)cc1OC. The lowest BCUT2D eigenvalue weighted by Crippen LogP contribution is -2.60. The van der Waals surface area contributed by atoms with Gasteiger partial charge in [0.15, 0.2) is 11.5 Å². The largest absolute Gasteiger partial charge is 0.493 e. The molecular weight excluding hydrogens is 424 g/mol. The molecule has 3 aromatic carbocycles. The minimum atomic E-state index is -0.642. The molecule has 0 aliphatic carbocycles. The van der Waals surface area contributed by atoms with Crippen LogP contribution in [0, 0.1) is 0 Å². The lowest BCUT2D eigenvalue weighted by atomic mass is 9.74. The van der Waals surface area contributed by atoms with E-state index in [0.717, 1.165) is 16.8 Å². The zero-order valence-corrected chi connectivity index (χ0v) is 20.1. The third-order valence-corrected chi connectivity index (χ3v) is 7.30. The molecule has 5 nitrogen and oxygen atoms in total. The number of methoxy groups -OCH3 is 2. The lowest BCUT2D eigenvalue weighted by molar-refractivity contribution is -0.131. The molecule has 0 saturated carbocycles. The van der Waals surface area contributed by atoms with Crippen LogP contribution in [0.2, 0.25) is 0 Å². The normalized spacial score (nSPS) is 20.5. The van der Waals surface area contributed by atoms with E-state index in [4.69, 9.17) is 9.47 Å². The fourth-order valence-corrected chi connectivity index (χ4v) is 5.59. The van der Waals surface area contributed by atoms with Gasteiger partial charge in [0.25, 0.3) is 0 Å². The molecule has 5 heteroatoms. The molecule has 2 aliphatic heterocycles. The van der Waals surface area contributed by atoms with Crippen LogP contribution < -0.4 is 14.4 Å². The number of amides is 1. The van der Waals surface area contributed by atoms with Gasteiger partial charge in [-0.2, -0.15) is 0 Å². The molecule has 0 aromatic heterocycles. The van der Waals surface area contributed by atoms with Crippen molar-refractivity contribution in [3.8, 4) is 11.5 Å². The van der Waals surface area contributed by atoms with E-state index in [2.05, 4.69) is 61.2 Å². The summed E-state index contributed by atoms with van der Waals surface area (Å²) in [6.07, 6.45) is 4.29. The van der Waals surface area contributed by atoms with E-state index >= 15 is 0 Å². The molecule has 0 bridgehead atoms. The average molecular weight is 455 g/mol. The van der Waals surface area contributed by atoms with Crippen molar-refractivity contribution in [1.29, 1.82) is 0 Å². The van der Waals surface area contributed by atoms with E-state index in [1.807, 2.05) is 47.4 Å². The first-order valence-corrected chi connectivity index (χ1v) is 11.5. The Balaban J connectivity index is 1.65. The van der Waals surface area contributed by atoms with Crippen molar-refractivity contribution in [2.24, 2.45) is 0 Å². The van der Waals surface area contributed by atoms with Crippen LogP contribution in [0.25, 0.3) is 6.08 Å². The van der Waals surface area contributed by atoms with Crippen LogP contribution >= 0.6 is 0 Å². The molecule has 174 valence electrons. The van der Waals surface area contributed by atoms with Crippen molar-refractivity contribution in [2.45, 2.75) is 31.5 Å². The van der Waals surface area contributed by atoms with Crippen molar-refractivity contribution < 1.29 is 14.3 Å². The van der Waals surface area contributed by atoms with Gasteiger partial charge >= 0.3 is 0 Å². The lowest BCUT2D eigenvalue weighted by Gasteiger charge is -2.46. The minimum Gasteiger partial charge on any atom is -0.493 e. The van der Waals surface area contributed by atoms with Crippen LogP contribution in [-0.2, 0) is 16.8 Å². The summed E-state index contributed by atoms with van der Waals surface area (Å²) >= 11 is 0. The van der Waals surface area contributed by atoms with Crippen LogP contribution in [0.1, 0.15) is 30.5 Å². The summed E-state index contributed by atoms with van der Waals surface area (Å²) in [4.78, 5) is 17.8. The van der Waals surface area contributed by atoms with Gasteiger partial charge in [-0.1, -0.05) is 74.5 Å². The average Bonchev–Trinajstić information content (AvgIpc) is 3.24. The van der Waals surface area contributed by atoms with E-state index in [1.165, 1.54) is 5.56 Å². The monoisotopic (exact) mass is 454 g/mol. The number of hydrogen-bond donors (Lipinski definition) is 0. The topological polar surface area (TPSA) is 42.0 Å². The van der Waals surface area contributed by atoms with E-state index in [9.17, 15) is 4.79 Å². The van der Waals surface area contributed by atoms with E-state index in [1.54, 1.807) is 14.2 Å². The Labute approximate surface area is 201 Å². The fraction of sp³-hybridized carbons (Fsp3) is 0.276. The summed E-state index contributed by atoms with van der Waals surface area (Å²) in [7, 11) is 3.27. The van der Waals surface area contributed by atoms with Crippen molar-refractivity contribution in [3.63, 3.8) is 0 Å². The molecule has 3 aromatic rings. The van der Waals surface area contributed by atoms with Crippen LogP contribution in [0.5, 0.6) is 11.5 Å². The van der Waals surface area contributed by atoms with E-state index < -0.39 is 5.66 Å². The summed E-state index contributed by atoms with van der Waals surface area (Å²) in [5.41, 5.74) is 3.49. The predicted octanol–water partition coefficient (Wildman–Crippen LogP) is 5.25. The van der Waals surface area contributed by atoms with Gasteiger partial charge in [0.1, 0.15) is 5.66 Å². The first-order chi connectivity index (χ1) is 16.4. The number of anilines is 1. The number of rotatable bonds is 6. The highest BCUT2D eigenvalue weighted by atomic mass is 16.5. The second kappa shape index (κ2) is 8.24. The quantitative estimate of drug-likeness (QED) is 0.510. The number of para-hydroxylation sites is 1. The van der Waals surface area contributed by atoms with Gasteiger partial charge in [-0.25, -0.2) is 0 Å². The molecule has 1 unspecified atom stereocenters. The van der Waals surface area contributed by atoms with Gasteiger partial charge in [0.05, 0.1) is 20.8 Å². The Hall–Kier alpha value is -3.73. The Bertz CT molecular complexity index is 1250. The smallest absolute Gasteiger partial charge is 0.244 e. The summed E-state index contributed by atoms with van der Waals surface area (Å²) in [5, 5.41) is 0. The molecule has 34 heavy (non-hydrogen) atoms. The van der Waals surface area contributed by atoms with Gasteiger partial charge in [-0.05, 0) is 41.0 Å². The van der Waals surface area contributed by atoms with Gasteiger partial charge in [-0.3, -0.25) is 4.79 Å². The molecule has 0 N–H and O–H groups in total. The maximum atomic E-state index is 13.5. The fourth-order valence-electron chi connectivity index (χ4n) is 5.59. The molecule has 1 fully saturated rings. The third kappa shape index (κ3) is 3.18. The molecule has 1 atom stereocenters. The second-order valence-electron chi connectivity index (χ2n) is 9.37. The van der Waals surface area contributed by atoms with Crippen molar-refractivity contribution in [3.05, 3.63) is 95.6 Å². The van der Waals surface area contributed by atoms with Gasteiger partial charge in [0.2, 0.25) is 5.91 Å². The molecule has 2 heterocycles. The Kier molecular flexibility index (Phi) is 5.35. The Morgan fingerprint density at radius 2 is 1.62 bits per heavy atom. The molecule has 2 aliphatic rings.